The van der Waals surface area contributed by atoms with Crippen molar-refractivity contribution >= 4 is 10.9 Å². The van der Waals surface area contributed by atoms with Crippen molar-refractivity contribution in [2.75, 3.05) is 19.8 Å². The summed E-state index contributed by atoms with van der Waals surface area (Å²) in [4.78, 5) is 0. The largest absolute Gasteiger partial charge is 0.490 e. The molecule has 0 saturated carbocycles. The van der Waals surface area contributed by atoms with Gasteiger partial charge in [0.15, 0.2) is 11.5 Å². The van der Waals surface area contributed by atoms with Crippen molar-refractivity contribution < 1.29 is 14.6 Å². The lowest BCUT2D eigenvalue weighted by molar-refractivity contribution is 0.288. The van der Waals surface area contributed by atoms with Gasteiger partial charge in [-0.1, -0.05) is 6.92 Å². The van der Waals surface area contributed by atoms with Crippen LogP contribution < -0.4 is 9.47 Å². The van der Waals surface area contributed by atoms with Gasteiger partial charge in [0.1, 0.15) is 0 Å². The molecule has 0 atom stereocenters. The summed E-state index contributed by atoms with van der Waals surface area (Å²) in [7, 11) is 0. The van der Waals surface area contributed by atoms with Crippen LogP contribution in [0, 0.1) is 0 Å². The standard InChI is InChI=1S/C18H27NO3/c1-4-9-19-13-14(8-7-10-20)15-11-17(21-5-2)18(22-6-3)12-16(15)19/h11-13,20H,4-10H2,1-3H3. The Morgan fingerprint density at radius 3 is 2.32 bits per heavy atom. The third-order valence-corrected chi connectivity index (χ3v) is 3.70. The van der Waals surface area contributed by atoms with Gasteiger partial charge in [0.2, 0.25) is 0 Å². The zero-order valence-electron chi connectivity index (χ0n) is 13.9. The second-order valence-corrected chi connectivity index (χ2v) is 5.36. The van der Waals surface area contributed by atoms with Crippen LogP contribution in [0.25, 0.3) is 10.9 Å². The quantitative estimate of drug-likeness (QED) is 0.767. The summed E-state index contributed by atoms with van der Waals surface area (Å²) in [5.41, 5.74) is 2.45. The third kappa shape index (κ3) is 3.55. The molecule has 0 unspecified atom stereocenters. The molecule has 4 nitrogen and oxygen atoms in total. The Hall–Kier alpha value is -1.68. The van der Waals surface area contributed by atoms with Crippen molar-refractivity contribution in [2.24, 2.45) is 0 Å². The molecule has 2 aromatic rings. The first-order chi connectivity index (χ1) is 10.7. The maximum Gasteiger partial charge on any atom is 0.163 e. The van der Waals surface area contributed by atoms with Crippen molar-refractivity contribution in [2.45, 2.75) is 46.6 Å². The van der Waals surface area contributed by atoms with E-state index in [4.69, 9.17) is 14.6 Å². The molecule has 0 aliphatic rings. The monoisotopic (exact) mass is 305 g/mol. The van der Waals surface area contributed by atoms with E-state index in [2.05, 4.69) is 29.8 Å². The summed E-state index contributed by atoms with van der Waals surface area (Å²) in [6.45, 7) is 8.58. The maximum absolute atomic E-state index is 9.11. The number of rotatable bonds is 9. The number of ether oxygens (including phenoxy) is 2. The lowest BCUT2D eigenvalue weighted by atomic mass is 10.1. The fourth-order valence-corrected chi connectivity index (χ4v) is 2.80. The molecule has 0 radical (unpaired) electrons. The second kappa shape index (κ2) is 8.08. The average molecular weight is 305 g/mol. The van der Waals surface area contributed by atoms with Gasteiger partial charge < -0.3 is 19.1 Å². The molecule has 0 fully saturated rings. The van der Waals surface area contributed by atoms with E-state index in [9.17, 15) is 0 Å². The van der Waals surface area contributed by atoms with Gasteiger partial charge in [-0.2, -0.15) is 0 Å². The molecule has 0 aliphatic carbocycles. The molecular formula is C18H27NO3. The zero-order chi connectivity index (χ0) is 15.9. The van der Waals surface area contributed by atoms with Crippen molar-refractivity contribution in [1.82, 2.24) is 4.57 Å². The van der Waals surface area contributed by atoms with Crippen LogP contribution in [0.4, 0.5) is 0 Å². The fraction of sp³-hybridized carbons (Fsp3) is 0.556. The number of hydrogen-bond acceptors (Lipinski definition) is 3. The number of fused-ring (bicyclic) bond motifs is 1. The van der Waals surface area contributed by atoms with E-state index in [1.807, 2.05) is 13.8 Å². The molecule has 1 N–H and O–H groups in total. The van der Waals surface area contributed by atoms with Crippen molar-refractivity contribution in [3.05, 3.63) is 23.9 Å². The van der Waals surface area contributed by atoms with Gasteiger partial charge in [-0.3, -0.25) is 0 Å². The maximum atomic E-state index is 9.11. The number of aliphatic hydroxyl groups excluding tert-OH is 1. The topological polar surface area (TPSA) is 43.6 Å². The van der Waals surface area contributed by atoms with Crippen molar-refractivity contribution in [3.8, 4) is 11.5 Å². The van der Waals surface area contributed by atoms with Crippen LogP contribution in [-0.4, -0.2) is 29.5 Å². The molecule has 0 aliphatic heterocycles. The van der Waals surface area contributed by atoms with Crippen molar-refractivity contribution in [1.29, 1.82) is 0 Å². The first kappa shape index (κ1) is 16.7. The molecular weight excluding hydrogens is 278 g/mol. The van der Waals surface area contributed by atoms with Gasteiger partial charge >= 0.3 is 0 Å². The lowest BCUT2D eigenvalue weighted by Gasteiger charge is -2.12. The minimum absolute atomic E-state index is 0.218. The van der Waals surface area contributed by atoms with E-state index in [-0.39, 0.29) is 6.61 Å². The molecule has 22 heavy (non-hydrogen) atoms. The number of hydrogen-bond donors (Lipinski definition) is 1. The van der Waals surface area contributed by atoms with E-state index < -0.39 is 0 Å². The van der Waals surface area contributed by atoms with Crippen LogP contribution in [0.2, 0.25) is 0 Å². The molecule has 0 bridgehead atoms. The Bertz CT molecular complexity index is 604. The van der Waals surface area contributed by atoms with Gasteiger partial charge in [0.05, 0.1) is 18.7 Å². The number of aromatic nitrogens is 1. The second-order valence-electron chi connectivity index (χ2n) is 5.36. The zero-order valence-corrected chi connectivity index (χ0v) is 13.9. The van der Waals surface area contributed by atoms with Gasteiger partial charge in [-0.15, -0.1) is 0 Å². The smallest absolute Gasteiger partial charge is 0.163 e. The van der Waals surface area contributed by atoms with Gasteiger partial charge in [-0.05, 0) is 44.7 Å². The van der Waals surface area contributed by atoms with E-state index in [0.29, 0.717) is 13.2 Å². The Balaban J connectivity index is 2.53. The summed E-state index contributed by atoms with van der Waals surface area (Å²) in [6, 6.07) is 4.17. The lowest BCUT2D eigenvalue weighted by Crippen LogP contribution is -2.00. The molecule has 1 heterocycles. The number of aliphatic hydroxyl groups is 1. The summed E-state index contributed by atoms with van der Waals surface area (Å²) in [5.74, 6) is 1.61. The predicted octanol–water partition coefficient (Wildman–Crippen LogP) is 3.77. The molecule has 4 heteroatoms. The molecule has 0 spiro atoms. The highest BCUT2D eigenvalue weighted by Crippen LogP contribution is 2.35. The Morgan fingerprint density at radius 1 is 1.05 bits per heavy atom. The van der Waals surface area contributed by atoms with E-state index in [1.54, 1.807) is 0 Å². The summed E-state index contributed by atoms with van der Waals surface area (Å²) >= 11 is 0. The highest BCUT2D eigenvalue weighted by Gasteiger charge is 2.14. The highest BCUT2D eigenvalue weighted by molar-refractivity contribution is 5.87. The van der Waals surface area contributed by atoms with Crippen molar-refractivity contribution in [3.63, 3.8) is 0 Å². The van der Waals surface area contributed by atoms with Crippen LogP contribution in [0.1, 0.15) is 39.2 Å². The number of nitrogens with zero attached hydrogens (tertiary/aromatic N) is 1. The highest BCUT2D eigenvalue weighted by atomic mass is 16.5. The molecule has 1 aromatic carbocycles. The summed E-state index contributed by atoms with van der Waals surface area (Å²) < 4.78 is 13.8. The number of benzene rings is 1. The molecule has 122 valence electrons. The van der Waals surface area contributed by atoms with Gasteiger partial charge in [-0.25, -0.2) is 0 Å². The third-order valence-electron chi connectivity index (χ3n) is 3.70. The average Bonchev–Trinajstić information content (AvgIpc) is 2.84. The number of aryl methyl sites for hydroxylation is 2. The summed E-state index contributed by atoms with van der Waals surface area (Å²) in [5, 5.41) is 10.3. The van der Waals surface area contributed by atoms with Crippen LogP contribution in [0.5, 0.6) is 11.5 Å². The Morgan fingerprint density at radius 2 is 1.73 bits per heavy atom. The summed E-state index contributed by atoms with van der Waals surface area (Å²) in [6.07, 6.45) is 4.95. The minimum atomic E-state index is 0.218. The van der Waals surface area contributed by atoms with Crippen LogP contribution in [0.15, 0.2) is 18.3 Å². The van der Waals surface area contributed by atoms with E-state index >= 15 is 0 Å². The van der Waals surface area contributed by atoms with Crippen LogP contribution >= 0.6 is 0 Å². The van der Waals surface area contributed by atoms with Gasteiger partial charge in [0, 0.05) is 30.8 Å². The van der Waals surface area contributed by atoms with Crippen LogP contribution in [0.3, 0.4) is 0 Å². The molecule has 2 rings (SSSR count). The molecule has 0 amide bonds. The Kier molecular flexibility index (Phi) is 6.13. The molecule has 0 saturated heterocycles. The first-order valence-electron chi connectivity index (χ1n) is 8.27. The SMILES string of the molecule is CCCn1cc(CCCO)c2cc(OCC)c(OCC)cc21. The first-order valence-corrected chi connectivity index (χ1v) is 8.27. The Labute approximate surface area is 132 Å². The minimum Gasteiger partial charge on any atom is -0.490 e. The van der Waals surface area contributed by atoms with E-state index in [1.165, 1.54) is 16.5 Å². The predicted molar refractivity (Wildman–Crippen MR) is 90.0 cm³/mol. The van der Waals surface area contributed by atoms with Crippen LogP contribution in [-0.2, 0) is 13.0 Å². The molecule has 1 aromatic heterocycles. The fourth-order valence-electron chi connectivity index (χ4n) is 2.80. The normalized spacial score (nSPS) is 11.1. The van der Waals surface area contributed by atoms with Gasteiger partial charge in [0.25, 0.3) is 0 Å². The van der Waals surface area contributed by atoms with E-state index in [0.717, 1.165) is 37.3 Å².